The summed E-state index contributed by atoms with van der Waals surface area (Å²) < 4.78 is 0. The second kappa shape index (κ2) is 5.66. The van der Waals surface area contributed by atoms with Crippen LogP contribution in [-0.2, 0) is 4.79 Å². The maximum Gasteiger partial charge on any atom is 0.265 e. The van der Waals surface area contributed by atoms with Gasteiger partial charge in [0, 0.05) is 20.1 Å². The zero-order valence-corrected chi connectivity index (χ0v) is 12.6. The molecule has 1 saturated carbocycles. The fourth-order valence-electron chi connectivity index (χ4n) is 1.56. The molecule has 8 heteroatoms. The molecule has 2 amide bonds. The maximum atomic E-state index is 12.1. The van der Waals surface area contributed by atoms with E-state index in [-0.39, 0.29) is 23.7 Å². The second-order valence-corrected chi connectivity index (χ2v) is 6.06. The summed E-state index contributed by atoms with van der Waals surface area (Å²) in [5.41, 5.74) is 5.73. The largest absolute Gasteiger partial charge is 0.382 e. The Labute approximate surface area is 121 Å². The summed E-state index contributed by atoms with van der Waals surface area (Å²) in [5.74, 6) is -0.352. The van der Waals surface area contributed by atoms with Gasteiger partial charge >= 0.3 is 0 Å². The van der Waals surface area contributed by atoms with Crippen molar-refractivity contribution in [3.63, 3.8) is 0 Å². The van der Waals surface area contributed by atoms with Crippen molar-refractivity contribution in [2.24, 2.45) is 0 Å². The number of hydrogen-bond acceptors (Lipinski definition) is 6. The molecule has 4 N–H and O–H groups in total. The molecule has 1 aliphatic carbocycles. The van der Waals surface area contributed by atoms with Gasteiger partial charge in [-0.2, -0.15) is 0 Å². The highest BCUT2D eigenvalue weighted by molar-refractivity contribution is 7.18. The molecule has 1 aromatic rings. The van der Waals surface area contributed by atoms with Gasteiger partial charge in [0.15, 0.2) is 5.13 Å². The third-order valence-electron chi connectivity index (χ3n) is 2.90. The van der Waals surface area contributed by atoms with Crippen molar-refractivity contribution in [3.05, 3.63) is 4.88 Å². The quantitative estimate of drug-likeness (QED) is 0.720. The minimum atomic E-state index is -0.590. The summed E-state index contributed by atoms with van der Waals surface area (Å²) in [5, 5.41) is 6.14. The Morgan fingerprint density at radius 3 is 2.60 bits per heavy atom. The lowest BCUT2D eigenvalue weighted by molar-refractivity contribution is -0.122. The highest BCUT2D eigenvalue weighted by atomic mass is 32.1. The first-order valence-electron chi connectivity index (χ1n) is 6.43. The SMILES string of the molecule is CC(NC(=O)c1sc(N(C)C)nc1N)C(=O)NC1CC1. The van der Waals surface area contributed by atoms with E-state index in [1.807, 2.05) is 14.1 Å². The van der Waals surface area contributed by atoms with Crippen LogP contribution in [0.5, 0.6) is 0 Å². The van der Waals surface area contributed by atoms with E-state index in [1.165, 1.54) is 11.3 Å². The van der Waals surface area contributed by atoms with Crippen molar-refractivity contribution in [1.82, 2.24) is 15.6 Å². The van der Waals surface area contributed by atoms with Gasteiger partial charge in [0.05, 0.1) is 0 Å². The number of rotatable bonds is 5. The van der Waals surface area contributed by atoms with Crippen molar-refractivity contribution in [1.29, 1.82) is 0 Å². The number of anilines is 2. The number of thiazole rings is 1. The number of aromatic nitrogens is 1. The van der Waals surface area contributed by atoms with Crippen LogP contribution in [0.25, 0.3) is 0 Å². The first-order chi connectivity index (χ1) is 9.38. The predicted molar refractivity (Wildman–Crippen MR) is 78.9 cm³/mol. The van der Waals surface area contributed by atoms with Crippen molar-refractivity contribution < 1.29 is 9.59 Å². The number of nitrogens with zero attached hydrogens (tertiary/aromatic N) is 2. The van der Waals surface area contributed by atoms with Gasteiger partial charge < -0.3 is 21.3 Å². The normalized spacial score (nSPS) is 15.6. The Balaban J connectivity index is 1.98. The Hall–Kier alpha value is -1.83. The van der Waals surface area contributed by atoms with Crippen molar-refractivity contribution in [3.8, 4) is 0 Å². The summed E-state index contributed by atoms with van der Waals surface area (Å²) in [6.45, 7) is 1.65. The molecule has 1 aliphatic rings. The van der Waals surface area contributed by atoms with Crippen LogP contribution in [0.4, 0.5) is 10.9 Å². The van der Waals surface area contributed by atoms with Gasteiger partial charge in [-0.3, -0.25) is 9.59 Å². The lowest BCUT2D eigenvalue weighted by Gasteiger charge is -2.13. The molecule has 20 heavy (non-hydrogen) atoms. The molecule has 1 unspecified atom stereocenters. The van der Waals surface area contributed by atoms with Crippen LogP contribution >= 0.6 is 11.3 Å². The van der Waals surface area contributed by atoms with Crippen LogP contribution in [0.2, 0.25) is 0 Å². The Morgan fingerprint density at radius 1 is 1.45 bits per heavy atom. The van der Waals surface area contributed by atoms with E-state index in [2.05, 4.69) is 15.6 Å². The van der Waals surface area contributed by atoms with E-state index >= 15 is 0 Å². The van der Waals surface area contributed by atoms with Gasteiger partial charge in [-0.15, -0.1) is 0 Å². The Kier molecular flexibility index (Phi) is 4.12. The van der Waals surface area contributed by atoms with Gasteiger partial charge in [0.2, 0.25) is 5.91 Å². The minimum absolute atomic E-state index is 0.170. The summed E-state index contributed by atoms with van der Waals surface area (Å²) in [6, 6.07) is -0.317. The standard InChI is InChI=1S/C12H19N5O2S/c1-6(10(18)15-7-4-5-7)14-11(19)8-9(13)16-12(20-8)17(2)3/h6-7H,4-5,13H2,1-3H3,(H,14,19)(H,15,18). The second-order valence-electron chi connectivity index (χ2n) is 5.08. The maximum absolute atomic E-state index is 12.1. The number of carbonyl (C=O) groups excluding carboxylic acids is 2. The Bertz CT molecular complexity index is 524. The van der Waals surface area contributed by atoms with Crippen LogP contribution in [0, 0.1) is 0 Å². The molecule has 1 atom stereocenters. The summed E-state index contributed by atoms with van der Waals surface area (Å²) >= 11 is 1.20. The summed E-state index contributed by atoms with van der Waals surface area (Å²) in [6.07, 6.45) is 2.03. The molecule has 2 rings (SSSR count). The predicted octanol–water partition coefficient (Wildman–Crippen LogP) is 0.188. The van der Waals surface area contributed by atoms with E-state index in [0.29, 0.717) is 10.0 Å². The number of amides is 2. The molecule has 1 aromatic heterocycles. The van der Waals surface area contributed by atoms with E-state index in [1.54, 1.807) is 11.8 Å². The van der Waals surface area contributed by atoms with Crippen molar-refractivity contribution in [2.75, 3.05) is 24.7 Å². The molecule has 0 aromatic carbocycles. The fourth-order valence-corrected chi connectivity index (χ4v) is 2.37. The van der Waals surface area contributed by atoms with E-state index in [4.69, 9.17) is 5.73 Å². The van der Waals surface area contributed by atoms with Gasteiger partial charge in [-0.05, 0) is 19.8 Å². The number of nitrogens with one attached hydrogen (secondary N) is 2. The number of nitrogens with two attached hydrogens (primary N) is 1. The zero-order valence-electron chi connectivity index (χ0n) is 11.8. The molecule has 0 bridgehead atoms. The molecule has 0 radical (unpaired) electrons. The van der Waals surface area contributed by atoms with Crippen LogP contribution in [-0.4, -0.2) is 43.0 Å². The monoisotopic (exact) mass is 297 g/mol. The van der Waals surface area contributed by atoms with Crippen LogP contribution < -0.4 is 21.3 Å². The van der Waals surface area contributed by atoms with Gasteiger partial charge in [-0.25, -0.2) is 4.98 Å². The minimum Gasteiger partial charge on any atom is -0.382 e. The average molecular weight is 297 g/mol. The smallest absolute Gasteiger partial charge is 0.265 e. The first kappa shape index (κ1) is 14.6. The number of nitrogen functional groups attached to an aromatic ring is 1. The molecular formula is C12H19N5O2S. The topological polar surface area (TPSA) is 100 Å². The molecule has 7 nitrogen and oxygen atoms in total. The van der Waals surface area contributed by atoms with E-state index in [0.717, 1.165) is 12.8 Å². The van der Waals surface area contributed by atoms with Gasteiger partial charge in [0.1, 0.15) is 16.7 Å². The summed E-state index contributed by atoms with van der Waals surface area (Å²) in [7, 11) is 3.65. The zero-order chi connectivity index (χ0) is 14.9. The average Bonchev–Trinajstić information content (AvgIpc) is 3.08. The van der Waals surface area contributed by atoms with Crippen LogP contribution in [0.3, 0.4) is 0 Å². The highest BCUT2D eigenvalue weighted by Crippen LogP contribution is 2.26. The highest BCUT2D eigenvalue weighted by Gasteiger charge is 2.27. The Morgan fingerprint density at radius 2 is 2.10 bits per heavy atom. The van der Waals surface area contributed by atoms with Crippen molar-refractivity contribution >= 4 is 34.1 Å². The van der Waals surface area contributed by atoms with Crippen molar-refractivity contribution in [2.45, 2.75) is 31.8 Å². The molecule has 1 heterocycles. The third kappa shape index (κ3) is 3.38. The molecular weight excluding hydrogens is 278 g/mol. The first-order valence-corrected chi connectivity index (χ1v) is 7.25. The van der Waals surface area contributed by atoms with E-state index < -0.39 is 6.04 Å². The number of carbonyl (C=O) groups is 2. The number of hydrogen-bond donors (Lipinski definition) is 3. The van der Waals surface area contributed by atoms with Crippen LogP contribution in [0.15, 0.2) is 0 Å². The molecule has 1 fully saturated rings. The lowest BCUT2D eigenvalue weighted by atomic mass is 10.3. The molecule has 0 saturated heterocycles. The molecule has 110 valence electrons. The van der Waals surface area contributed by atoms with Crippen LogP contribution in [0.1, 0.15) is 29.4 Å². The van der Waals surface area contributed by atoms with Gasteiger partial charge in [0.25, 0.3) is 5.91 Å². The molecule has 0 spiro atoms. The molecule has 0 aliphatic heterocycles. The van der Waals surface area contributed by atoms with Gasteiger partial charge in [-0.1, -0.05) is 11.3 Å². The van der Waals surface area contributed by atoms with E-state index in [9.17, 15) is 9.59 Å². The third-order valence-corrected chi connectivity index (χ3v) is 4.13. The summed E-state index contributed by atoms with van der Waals surface area (Å²) in [4.78, 5) is 30.1. The fraction of sp³-hybridized carbons (Fsp3) is 0.583. The lowest BCUT2D eigenvalue weighted by Crippen LogP contribution is -2.45.